The lowest BCUT2D eigenvalue weighted by atomic mass is 10.0. The largest absolute Gasteiger partial charge is 0.543 e. The van der Waals surface area contributed by atoms with Crippen molar-refractivity contribution in [3.63, 3.8) is 0 Å². The highest BCUT2D eigenvalue weighted by atomic mass is 28.4. The van der Waals surface area contributed by atoms with Crippen LogP contribution in [-0.4, -0.2) is 20.9 Å². The third-order valence-electron chi connectivity index (χ3n) is 6.23. The van der Waals surface area contributed by atoms with Gasteiger partial charge in [-0.1, -0.05) is 39.0 Å². The van der Waals surface area contributed by atoms with Crippen molar-refractivity contribution < 1.29 is 18.7 Å². The highest BCUT2D eigenvalue weighted by Crippen LogP contribution is 2.39. The Hall–Kier alpha value is -2.27. The molecule has 170 valence electrons. The van der Waals surface area contributed by atoms with Gasteiger partial charge in [-0.25, -0.2) is 0 Å². The molecule has 0 aliphatic carbocycles. The van der Waals surface area contributed by atoms with Crippen LogP contribution in [0.25, 0.3) is 0 Å². The Bertz CT molecular complexity index is 926. The van der Waals surface area contributed by atoms with Gasteiger partial charge in [0, 0.05) is 0 Å². The summed E-state index contributed by atoms with van der Waals surface area (Å²) in [6.45, 7) is 20.2. The lowest BCUT2D eigenvalue weighted by molar-refractivity contribution is -0.142. The predicted molar refractivity (Wildman–Crippen MR) is 130 cm³/mol. The first-order valence-electron chi connectivity index (χ1n) is 11.0. The van der Waals surface area contributed by atoms with E-state index in [1.165, 1.54) is 5.56 Å². The summed E-state index contributed by atoms with van der Waals surface area (Å²) in [6, 6.07) is 10.1. The molecule has 0 aromatic heterocycles. The summed E-state index contributed by atoms with van der Waals surface area (Å²) < 4.78 is 17.9. The summed E-state index contributed by atoms with van der Waals surface area (Å²) in [7, 11) is -1.93. The summed E-state index contributed by atoms with van der Waals surface area (Å²) in [4.78, 5) is 11.8. The van der Waals surface area contributed by atoms with Gasteiger partial charge < -0.3 is 13.9 Å². The van der Waals surface area contributed by atoms with Crippen molar-refractivity contribution in [3.8, 4) is 11.5 Å². The quantitative estimate of drug-likeness (QED) is 0.338. The van der Waals surface area contributed by atoms with Gasteiger partial charge >= 0.3 is 5.97 Å². The van der Waals surface area contributed by atoms with Crippen molar-refractivity contribution in [1.29, 1.82) is 0 Å². The molecule has 0 saturated heterocycles. The van der Waals surface area contributed by atoms with E-state index in [2.05, 4.69) is 59.8 Å². The van der Waals surface area contributed by atoms with Crippen LogP contribution in [0.3, 0.4) is 0 Å². The maximum absolute atomic E-state index is 11.8. The Morgan fingerprint density at radius 3 is 2.23 bits per heavy atom. The van der Waals surface area contributed by atoms with Crippen LogP contribution < -0.4 is 9.16 Å². The summed E-state index contributed by atoms with van der Waals surface area (Å²) in [5, 5.41) is 0.136. The maximum atomic E-state index is 11.8. The molecule has 2 aromatic rings. The highest BCUT2D eigenvalue weighted by molar-refractivity contribution is 6.74. The molecule has 4 nitrogen and oxygen atoms in total. The van der Waals surface area contributed by atoms with Crippen molar-refractivity contribution in [2.45, 2.75) is 79.6 Å². The smallest absolute Gasteiger partial charge is 0.310 e. The fourth-order valence-electron chi connectivity index (χ4n) is 3.07. The fourth-order valence-corrected chi connectivity index (χ4v) is 4.15. The molecule has 2 aromatic carbocycles. The number of esters is 1. The third kappa shape index (κ3) is 6.36. The average molecular weight is 443 g/mol. The Balaban J connectivity index is 2.23. The second kappa shape index (κ2) is 9.90. The SMILES string of the molecule is CCOC(=O)Cc1ccc(C)c(OCc2c(C)ccc(O[Si](C)(C)C(C)(C)C)c2C)c1. The molecular weight excluding hydrogens is 404 g/mol. The molecule has 0 aliphatic rings. The summed E-state index contributed by atoms with van der Waals surface area (Å²) in [6.07, 6.45) is 0.248. The van der Waals surface area contributed by atoms with Crippen molar-refractivity contribution in [2.24, 2.45) is 0 Å². The van der Waals surface area contributed by atoms with Crippen molar-refractivity contribution in [1.82, 2.24) is 0 Å². The van der Waals surface area contributed by atoms with Gasteiger partial charge in [-0.3, -0.25) is 4.79 Å². The number of ether oxygens (including phenoxy) is 2. The van der Waals surface area contributed by atoms with E-state index in [9.17, 15) is 4.79 Å². The molecule has 0 bridgehead atoms. The van der Waals surface area contributed by atoms with Crippen molar-refractivity contribution >= 4 is 14.3 Å². The van der Waals surface area contributed by atoms with E-state index in [0.29, 0.717) is 13.2 Å². The number of carbonyl (C=O) groups excluding carboxylic acids is 1. The Kier molecular flexibility index (Phi) is 7.98. The minimum Gasteiger partial charge on any atom is -0.543 e. The van der Waals surface area contributed by atoms with Crippen LogP contribution in [0.5, 0.6) is 11.5 Å². The van der Waals surface area contributed by atoms with Crippen LogP contribution in [0.2, 0.25) is 18.1 Å². The van der Waals surface area contributed by atoms with Gasteiger partial charge in [0.15, 0.2) is 0 Å². The van der Waals surface area contributed by atoms with Gasteiger partial charge in [-0.15, -0.1) is 0 Å². The molecule has 5 heteroatoms. The van der Waals surface area contributed by atoms with Crippen molar-refractivity contribution in [2.75, 3.05) is 6.61 Å². The number of hydrogen-bond donors (Lipinski definition) is 0. The van der Waals surface area contributed by atoms with Crippen LogP contribution in [-0.2, 0) is 22.6 Å². The first-order valence-corrected chi connectivity index (χ1v) is 13.9. The van der Waals surface area contributed by atoms with Crippen LogP contribution in [0.15, 0.2) is 30.3 Å². The van der Waals surface area contributed by atoms with Gasteiger partial charge in [-0.2, -0.15) is 0 Å². The zero-order valence-electron chi connectivity index (χ0n) is 20.6. The van der Waals surface area contributed by atoms with Gasteiger partial charge in [0.25, 0.3) is 0 Å². The zero-order chi connectivity index (χ0) is 23.4. The molecule has 0 spiro atoms. The van der Waals surface area contributed by atoms with Gasteiger partial charge in [0.2, 0.25) is 8.32 Å². The molecule has 0 heterocycles. The minimum atomic E-state index is -1.93. The molecule has 0 fully saturated rings. The van der Waals surface area contributed by atoms with Crippen LogP contribution in [0.1, 0.15) is 55.5 Å². The predicted octanol–water partition coefficient (Wildman–Crippen LogP) is 6.68. The Morgan fingerprint density at radius 2 is 1.61 bits per heavy atom. The minimum absolute atomic E-state index is 0.136. The lowest BCUT2D eigenvalue weighted by Gasteiger charge is -2.37. The van der Waals surface area contributed by atoms with E-state index < -0.39 is 8.32 Å². The molecule has 2 rings (SSSR count). The first kappa shape index (κ1) is 25.0. The van der Waals surface area contributed by atoms with Crippen molar-refractivity contribution in [3.05, 3.63) is 58.1 Å². The van der Waals surface area contributed by atoms with E-state index in [1.807, 2.05) is 32.0 Å². The summed E-state index contributed by atoms with van der Waals surface area (Å²) >= 11 is 0. The number of benzene rings is 2. The summed E-state index contributed by atoms with van der Waals surface area (Å²) in [5.74, 6) is 1.51. The molecule has 0 radical (unpaired) electrons. The number of carbonyl (C=O) groups is 1. The van der Waals surface area contributed by atoms with E-state index in [1.54, 1.807) is 0 Å². The third-order valence-corrected chi connectivity index (χ3v) is 10.6. The standard InChI is InChI=1S/C26H38O4Si/c1-10-28-25(27)16-21-13-11-19(3)24(15-21)29-17-22-18(2)12-14-23(20(22)4)30-31(8,9)26(5,6)7/h11-15H,10,16-17H2,1-9H3. The van der Waals surface area contributed by atoms with Gasteiger partial charge in [-0.05, 0) is 85.8 Å². The molecule has 0 unspecified atom stereocenters. The number of hydrogen-bond acceptors (Lipinski definition) is 4. The Morgan fingerprint density at radius 1 is 0.968 bits per heavy atom. The highest BCUT2D eigenvalue weighted by Gasteiger charge is 2.39. The van der Waals surface area contributed by atoms with E-state index >= 15 is 0 Å². The molecule has 0 saturated carbocycles. The topological polar surface area (TPSA) is 44.8 Å². The number of rotatable bonds is 8. The normalized spacial score (nSPS) is 11.9. The van der Waals surface area contributed by atoms with Crippen LogP contribution >= 0.6 is 0 Å². The maximum Gasteiger partial charge on any atom is 0.310 e. The molecule has 0 amide bonds. The lowest BCUT2D eigenvalue weighted by Crippen LogP contribution is -2.44. The van der Waals surface area contributed by atoms with Crippen LogP contribution in [0.4, 0.5) is 0 Å². The molecular formula is C26H38O4Si. The second-order valence-corrected chi connectivity index (χ2v) is 14.4. The fraction of sp³-hybridized carbons (Fsp3) is 0.500. The number of aryl methyl sites for hydroxylation is 2. The molecule has 0 atom stereocenters. The zero-order valence-corrected chi connectivity index (χ0v) is 21.6. The summed E-state index contributed by atoms with van der Waals surface area (Å²) in [5.41, 5.74) is 5.39. The van der Waals surface area contributed by atoms with Crippen LogP contribution in [0, 0.1) is 20.8 Å². The average Bonchev–Trinajstić information content (AvgIpc) is 2.65. The Labute approximate surface area is 189 Å². The first-order chi connectivity index (χ1) is 14.4. The van der Waals surface area contributed by atoms with Gasteiger partial charge in [0.1, 0.15) is 18.1 Å². The molecule has 0 N–H and O–H groups in total. The molecule has 31 heavy (non-hydrogen) atoms. The van der Waals surface area contributed by atoms with E-state index in [4.69, 9.17) is 13.9 Å². The van der Waals surface area contributed by atoms with E-state index in [-0.39, 0.29) is 17.4 Å². The molecule has 0 aliphatic heterocycles. The second-order valence-electron chi connectivity index (χ2n) is 9.72. The van der Waals surface area contributed by atoms with E-state index in [0.717, 1.165) is 33.8 Å². The van der Waals surface area contributed by atoms with Gasteiger partial charge in [0.05, 0.1) is 13.0 Å². The monoisotopic (exact) mass is 442 g/mol.